The van der Waals surface area contributed by atoms with E-state index in [1.165, 1.54) is 23.5 Å². The third-order valence-corrected chi connectivity index (χ3v) is 6.01. The molecule has 4 nitrogen and oxygen atoms in total. The van der Waals surface area contributed by atoms with Crippen molar-refractivity contribution in [3.8, 4) is 0 Å². The summed E-state index contributed by atoms with van der Waals surface area (Å²) in [6.45, 7) is 0.385. The molecule has 3 aromatic rings. The zero-order chi connectivity index (χ0) is 20.4. The predicted octanol–water partition coefficient (Wildman–Crippen LogP) is 4.66. The molecule has 28 heavy (non-hydrogen) atoms. The van der Waals surface area contributed by atoms with Crippen LogP contribution in [-0.4, -0.2) is 18.7 Å². The number of rotatable bonds is 6. The van der Waals surface area contributed by atoms with Crippen LogP contribution in [0.3, 0.4) is 0 Å². The normalized spacial score (nSPS) is 12.9. The standard InChI is InChI=1S/C19H16F3NO3S2/c20-19(21,22)15-9-6-14(7-10-15)8-11-18-23(12-3-13-28(24,25)26)16-4-1-2-5-17(16)27-18/h1-2,4-11H,3,12-13H2/p+1/b11-8+. The fourth-order valence-electron chi connectivity index (χ4n) is 2.76. The minimum Gasteiger partial charge on any atom is -0.286 e. The Morgan fingerprint density at radius 2 is 1.71 bits per heavy atom. The second-order valence-electron chi connectivity index (χ2n) is 6.15. The fourth-order valence-corrected chi connectivity index (χ4v) is 4.35. The smallest absolute Gasteiger partial charge is 0.286 e. The van der Waals surface area contributed by atoms with Crippen molar-refractivity contribution in [2.75, 3.05) is 5.75 Å². The molecular formula is C19H17F3NO3S2+. The number of halogens is 3. The third kappa shape index (κ3) is 5.18. The third-order valence-electron chi connectivity index (χ3n) is 4.08. The van der Waals surface area contributed by atoms with Gasteiger partial charge in [-0.05, 0) is 29.8 Å². The van der Waals surface area contributed by atoms with Crippen LogP contribution in [-0.2, 0) is 22.8 Å². The Kier molecular flexibility index (Phi) is 5.87. The average Bonchev–Trinajstić information content (AvgIpc) is 2.96. The summed E-state index contributed by atoms with van der Waals surface area (Å²) in [6, 6.07) is 12.5. The van der Waals surface area contributed by atoms with Crippen LogP contribution in [0.25, 0.3) is 22.4 Å². The van der Waals surface area contributed by atoms with Crippen molar-refractivity contribution >= 4 is 43.8 Å². The number of hydrogen-bond acceptors (Lipinski definition) is 3. The van der Waals surface area contributed by atoms with Gasteiger partial charge in [-0.25, -0.2) is 0 Å². The Hall–Kier alpha value is -2.23. The average molecular weight is 428 g/mol. The lowest BCUT2D eigenvalue weighted by Gasteiger charge is -2.05. The Bertz CT molecular complexity index is 1100. The lowest BCUT2D eigenvalue weighted by Crippen LogP contribution is -2.35. The summed E-state index contributed by atoms with van der Waals surface area (Å²) in [6.07, 6.45) is -0.625. The highest BCUT2D eigenvalue weighted by Gasteiger charge is 2.29. The van der Waals surface area contributed by atoms with E-state index in [-0.39, 0.29) is 12.2 Å². The first-order valence-corrected chi connectivity index (χ1v) is 10.8. The molecule has 1 aromatic heterocycles. The van der Waals surface area contributed by atoms with E-state index in [1.807, 2.05) is 28.8 Å². The molecule has 0 radical (unpaired) electrons. The number of nitrogens with zero attached hydrogens (tertiary/aromatic N) is 1. The van der Waals surface area contributed by atoms with Crippen molar-refractivity contribution in [3.05, 3.63) is 64.7 Å². The van der Waals surface area contributed by atoms with E-state index in [9.17, 15) is 21.6 Å². The molecule has 0 saturated heterocycles. The first-order chi connectivity index (χ1) is 13.1. The van der Waals surface area contributed by atoms with E-state index in [0.717, 1.165) is 27.4 Å². The van der Waals surface area contributed by atoms with Gasteiger partial charge in [0, 0.05) is 18.6 Å². The maximum atomic E-state index is 12.7. The van der Waals surface area contributed by atoms with Crippen LogP contribution >= 0.6 is 11.3 Å². The zero-order valence-electron chi connectivity index (χ0n) is 14.6. The molecule has 0 aliphatic carbocycles. The van der Waals surface area contributed by atoms with Crippen LogP contribution in [0.1, 0.15) is 22.6 Å². The lowest BCUT2D eigenvalue weighted by atomic mass is 10.1. The van der Waals surface area contributed by atoms with E-state index in [1.54, 1.807) is 12.2 Å². The molecule has 148 valence electrons. The first-order valence-electron chi connectivity index (χ1n) is 8.35. The lowest BCUT2D eigenvalue weighted by molar-refractivity contribution is -0.668. The van der Waals surface area contributed by atoms with Crippen molar-refractivity contribution in [2.24, 2.45) is 0 Å². The fraction of sp³-hybridized carbons (Fsp3) is 0.211. The summed E-state index contributed by atoms with van der Waals surface area (Å²) < 4.78 is 71.8. The molecule has 0 fully saturated rings. The van der Waals surface area contributed by atoms with E-state index in [0.29, 0.717) is 12.1 Å². The number of aromatic nitrogens is 1. The van der Waals surface area contributed by atoms with Gasteiger partial charge in [-0.15, -0.1) is 0 Å². The SMILES string of the molecule is O=S(=O)(O)CCC[n+]1c(/C=C/c2ccc(C(F)(F)F)cc2)sc2ccccc21. The topological polar surface area (TPSA) is 58.3 Å². The van der Waals surface area contributed by atoms with Gasteiger partial charge in [0.2, 0.25) is 5.52 Å². The minimum absolute atomic E-state index is 0.241. The van der Waals surface area contributed by atoms with Gasteiger partial charge in [0.05, 0.1) is 11.3 Å². The van der Waals surface area contributed by atoms with Crippen LogP contribution < -0.4 is 4.57 Å². The Balaban J connectivity index is 1.87. The number of benzene rings is 2. The summed E-state index contributed by atoms with van der Waals surface area (Å²) in [5.41, 5.74) is 0.844. The van der Waals surface area contributed by atoms with Gasteiger partial charge in [0.1, 0.15) is 4.70 Å². The Labute approximate surface area is 164 Å². The van der Waals surface area contributed by atoms with E-state index in [2.05, 4.69) is 0 Å². The maximum absolute atomic E-state index is 12.7. The number of para-hydroxylation sites is 1. The van der Waals surface area contributed by atoms with E-state index < -0.39 is 21.9 Å². The molecule has 0 aliphatic heterocycles. The quantitative estimate of drug-likeness (QED) is 0.459. The molecule has 3 rings (SSSR count). The number of hydrogen-bond donors (Lipinski definition) is 1. The molecule has 1 N–H and O–H groups in total. The minimum atomic E-state index is -4.37. The molecular weight excluding hydrogens is 411 g/mol. The first kappa shape index (κ1) is 20.5. The summed E-state index contributed by atoms with van der Waals surface area (Å²) in [5, 5.41) is 0.830. The van der Waals surface area contributed by atoms with Crippen LogP contribution in [0.5, 0.6) is 0 Å². The van der Waals surface area contributed by atoms with Gasteiger partial charge in [0.25, 0.3) is 15.1 Å². The van der Waals surface area contributed by atoms with Gasteiger partial charge in [-0.2, -0.15) is 26.2 Å². The molecule has 0 aliphatic rings. The zero-order valence-corrected chi connectivity index (χ0v) is 16.2. The summed E-state index contributed by atoms with van der Waals surface area (Å²) >= 11 is 1.49. The van der Waals surface area contributed by atoms with Gasteiger partial charge < -0.3 is 0 Å². The number of thiazole rings is 1. The molecule has 0 spiro atoms. The number of aryl methyl sites for hydroxylation is 1. The molecule has 0 atom stereocenters. The Morgan fingerprint density at radius 3 is 2.36 bits per heavy atom. The highest BCUT2D eigenvalue weighted by molar-refractivity contribution is 7.85. The Morgan fingerprint density at radius 1 is 1.04 bits per heavy atom. The van der Waals surface area contributed by atoms with Crippen molar-refractivity contribution in [1.82, 2.24) is 0 Å². The molecule has 0 amide bonds. The van der Waals surface area contributed by atoms with Gasteiger partial charge >= 0.3 is 6.18 Å². The molecule has 0 saturated carbocycles. The highest BCUT2D eigenvalue weighted by atomic mass is 32.2. The molecule has 1 heterocycles. The summed E-state index contributed by atoms with van der Waals surface area (Å²) in [4.78, 5) is 0. The van der Waals surface area contributed by atoms with Gasteiger partial charge in [-0.1, -0.05) is 35.6 Å². The summed E-state index contributed by atoms with van der Waals surface area (Å²) in [5.74, 6) is -0.341. The monoisotopic (exact) mass is 428 g/mol. The van der Waals surface area contributed by atoms with Crippen LogP contribution in [0.4, 0.5) is 13.2 Å². The van der Waals surface area contributed by atoms with Crippen molar-refractivity contribution in [1.29, 1.82) is 0 Å². The second kappa shape index (κ2) is 8.02. The van der Waals surface area contributed by atoms with Crippen LogP contribution in [0.15, 0.2) is 48.5 Å². The van der Waals surface area contributed by atoms with Crippen LogP contribution in [0.2, 0.25) is 0 Å². The maximum Gasteiger partial charge on any atom is 0.416 e. The number of fused-ring (bicyclic) bond motifs is 1. The summed E-state index contributed by atoms with van der Waals surface area (Å²) in [7, 11) is -4.03. The van der Waals surface area contributed by atoms with Crippen molar-refractivity contribution in [2.45, 2.75) is 19.1 Å². The van der Waals surface area contributed by atoms with Gasteiger partial charge in [0.15, 0.2) is 6.54 Å². The van der Waals surface area contributed by atoms with Crippen molar-refractivity contribution in [3.63, 3.8) is 0 Å². The van der Waals surface area contributed by atoms with E-state index >= 15 is 0 Å². The van der Waals surface area contributed by atoms with Crippen LogP contribution in [0, 0.1) is 0 Å². The largest absolute Gasteiger partial charge is 0.416 e. The highest BCUT2D eigenvalue weighted by Crippen LogP contribution is 2.29. The molecule has 2 aromatic carbocycles. The van der Waals surface area contributed by atoms with Crippen molar-refractivity contribution < 1.29 is 30.7 Å². The molecule has 9 heteroatoms. The second-order valence-corrected chi connectivity index (χ2v) is 8.79. The number of alkyl halides is 3. The molecule has 0 bridgehead atoms. The molecule has 0 unspecified atom stereocenters. The van der Waals surface area contributed by atoms with Gasteiger partial charge in [-0.3, -0.25) is 4.55 Å². The van der Waals surface area contributed by atoms with E-state index in [4.69, 9.17) is 4.55 Å². The predicted molar refractivity (Wildman–Crippen MR) is 103 cm³/mol.